The lowest BCUT2D eigenvalue weighted by Gasteiger charge is -2.10. The highest BCUT2D eigenvalue weighted by atomic mass is 79.9. The van der Waals surface area contributed by atoms with E-state index in [4.69, 9.17) is 0 Å². The van der Waals surface area contributed by atoms with E-state index in [1.165, 1.54) is 16.9 Å². The van der Waals surface area contributed by atoms with Crippen molar-refractivity contribution >= 4 is 51.0 Å². The first kappa shape index (κ1) is 20.0. The summed E-state index contributed by atoms with van der Waals surface area (Å²) in [5, 5.41) is 8.64. The Hall–Kier alpha value is -2.77. The molecular formula is C21H18BrN3O2S. The van der Waals surface area contributed by atoms with Crippen LogP contribution in [0.2, 0.25) is 0 Å². The first-order valence-corrected chi connectivity index (χ1v) is 10.2. The molecule has 5 nitrogen and oxygen atoms in total. The Kier molecular flexibility index (Phi) is 6.38. The average Bonchev–Trinajstić information content (AvgIpc) is 3.21. The molecule has 1 heterocycles. The van der Waals surface area contributed by atoms with E-state index in [0.717, 1.165) is 15.6 Å². The minimum Gasteiger partial charge on any atom is -0.321 e. The summed E-state index contributed by atoms with van der Waals surface area (Å²) < 4.78 is 0.727. The lowest BCUT2D eigenvalue weighted by Crippen LogP contribution is -2.21. The van der Waals surface area contributed by atoms with E-state index in [1.54, 1.807) is 36.5 Å². The van der Waals surface area contributed by atoms with Gasteiger partial charge in [0.05, 0.1) is 22.3 Å². The molecule has 28 heavy (non-hydrogen) atoms. The maximum atomic E-state index is 12.6. The number of nitrogens with one attached hydrogen (secondary N) is 2. The molecule has 7 heteroatoms. The van der Waals surface area contributed by atoms with E-state index in [2.05, 4.69) is 31.8 Å². The van der Waals surface area contributed by atoms with Gasteiger partial charge in [-0.25, -0.2) is 5.43 Å². The third-order valence-electron chi connectivity index (χ3n) is 4.13. The Morgan fingerprint density at radius 2 is 1.86 bits per heavy atom. The summed E-state index contributed by atoms with van der Waals surface area (Å²) in [6.45, 7) is 4.06. The normalized spacial score (nSPS) is 10.8. The van der Waals surface area contributed by atoms with Gasteiger partial charge in [-0.2, -0.15) is 5.10 Å². The summed E-state index contributed by atoms with van der Waals surface area (Å²) in [4.78, 5) is 25.5. The maximum absolute atomic E-state index is 12.6. The van der Waals surface area contributed by atoms with Crippen molar-refractivity contribution in [1.82, 2.24) is 5.43 Å². The van der Waals surface area contributed by atoms with Crippen LogP contribution in [-0.4, -0.2) is 18.0 Å². The number of carbonyl (C=O) groups is 2. The van der Waals surface area contributed by atoms with E-state index < -0.39 is 5.91 Å². The molecule has 0 atom stereocenters. The topological polar surface area (TPSA) is 70.6 Å². The molecule has 0 radical (unpaired) electrons. The van der Waals surface area contributed by atoms with Gasteiger partial charge in [0.1, 0.15) is 0 Å². The minimum absolute atomic E-state index is 0.259. The molecule has 142 valence electrons. The smallest absolute Gasteiger partial charge is 0.273 e. The van der Waals surface area contributed by atoms with Crippen LogP contribution < -0.4 is 10.7 Å². The van der Waals surface area contributed by atoms with E-state index in [0.29, 0.717) is 16.1 Å². The molecule has 0 unspecified atom stereocenters. The van der Waals surface area contributed by atoms with Gasteiger partial charge in [-0.1, -0.05) is 40.2 Å². The van der Waals surface area contributed by atoms with Crippen LogP contribution in [0.15, 0.2) is 63.5 Å². The lowest BCUT2D eigenvalue weighted by molar-refractivity contribution is 0.0956. The van der Waals surface area contributed by atoms with Gasteiger partial charge in [-0.3, -0.25) is 9.59 Å². The van der Waals surface area contributed by atoms with Gasteiger partial charge in [0.25, 0.3) is 11.8 Å². The molecule has 0 aliphatic heterocycles. The monoisotopic (exact) mass is 455 g/mol. The number of amides is 2. The number of rotatable bonds is 5. The molecule has 0 saturated carbocycles. The van der Waals surface area contributed by atoms with Crippen LogP contribution in [0.3, 0.4) is 0 Å². The van der Waals surface area contributed by atoms with Crippen molar-refractivity contribution in [3.8, 4) is 0 Å². The third kappa shape index (κ3) is 4.94. The van der Waals surface area contributed by atoms with E-state index in [9.17, 15) is 9.59 Å². The van der Waals surface area contributed by atoms with Crippen molar-refractivity contribution in [2.75, 3.05) is 5.32 Å². The number of halogens is 1. The van der Waals surface area contributed by atoms with Crippen molar-refractivity contribution < 1.29 is 9.59 Å². The molecule has 0 aliphatic rings. The van der Waals surface area contributed by atoms with Crippen LogP contribution in [0, 0.1) is 13.8 Å². The fourth-order valence-electron chi connectivity index (χ4n) is 2.48. The molecule has 2 amide bonds. The second kappa shape index (κ2) is 8.95. The predicted octanol–water partition coefficient (Wildman–Crippen LogP) is 5.14. The number of hydrogen-bond donors (Lipinski definition) is 2. The van der Waals surface area contributed by atoms with Crippen molar-refractivity contribution in [2.45, 2.75) is 13.8 Å². The molecule has 1 aromatic heterocycles. The minimum atomic E-state index is -0.414. The predicted molar refractivity (Wildman–Crippen MR) is 117 cm³/mol. The lowest BCUT2D eigenvalue weighted by atomic mass is 10.1. The molecule has 3 aromatic rings. The molecule has 0 bridgehead atoms. The number of benzene rings is 2. The van der Waals surface area contributed by atoms with Gasteiger partial charge in [0.15, 0.2) is 0 Å². The summed E-state index contributed by atoms with van der Waals surface area (Å²) in [6.07, 6.45) is 1.59. The SMILES string of the molecule is Cc1ccc(/C=N/NC(=O)c2cc(Br)ccc2NC(=O)c2cccs2)cc1C. The van der Waals surface area contributed by atoms with E-state index in [1.807, 2.05) is 37.4 Å². The van der Waals surface area contributed by atoms with Gasteiger partial charge in [-0.05, 0) is 60.2 Å². The zero-order chi connectivity index (χ0) is 20.1. The number of anilines is 1. The number of thiophene rings is 1. The second-order valence-corrected chi connectivity index (χ2v) is 8.03. The van der Waals surface area contributed by atoms with Crippen molar-refractivity contribution in [1.29, 1.82) is 0 Å². The third-order valence-corrected chi connectivity index (χ3v) is 5.49. The Bertz CT molecular complexity index is 1050. The van der Waals surface area contributed by atoms with Crippen LogP contribution in [0.5, 0.6) is 0 Å². The number of nitrogens with zero attached hydrogens (tertiary/aromatic N) is 1. The molecule has 0 aliphatic carbocycles. The first-order valence-electron chi connectivity index (χ1n) is 8.49. The Morgan fingerprint density at radius 3 is 2.57 bits per heavy atom. The van der Waals surface area contributed by atoms with Crippen molar-refractivity contribution in [3.05, 3.63) is 85.5 Å². The van der Waals surface area contributed by atoms with Crippen LogP contribution in [0.4, 0.5) is 5.69 Å². The molecule has 0 saturated heterocycles. The van der Waals surface area contributed by atoms with Gasteiger partial charge >= 0.3 is 0 Å². The summed E-state index contributed by atoms with van der Waals surface area (Å²) in [5.41, 5.74) is 6.49. The quantitative estimate of drug-likeness (QED) is 0.412. The highest BCUT2D eigenvalue weighted by molar-refractivity contribution is 9.10. The zero-order valence-electron chi connectivity index (χ0n) is 15.3. The standard InChI is InChI=1S/C21H18BrN3O2S/c1-13-5-6-15(10-14(13)2)12-23-25-20(26)17-11-16(22)7-8-18(17)24-21(27)19-4-3-9-28-19/h3-12H,1-2H3,(H,24,27)(H,25,26)/b23-12+. The van der Waals surface area contributed by atoms with Crippen molar-refractivity contribution in [3.63, 3.8) is 0 Å². The van der Waals surface area contributed by atoms with Crippen LogP contribution in [0.1, 0.15) is 36.7 Å². The van der Waals surface area contributed by atoms with Crippen LogP contribution in [-0.2, 0) is 0 Å². The number of carbonyl (C=O) groups excluding carboxylic acids is 2. The van der Waals surface area contributed by atoms with E-state index in [-0.39, 0.29) is 5.91 Å². The Balaban J connectivity index is 1.75. The number of hydrogen-bond acceptors (Lipinski definition) is 4. The fourth-order valence-corrected chi connectivity index (χ4v) is 3.46. The summed E-state index contributed by atoms with van der Waals surface area (Å²) in [6, 6.07) is 14.6. The molecule has 0 fully saturated rings. The van der Waals surface area contributed by atoms with Crippen molar-refractivity contribution in [2.24, 2.45) is 5.10 Å². The van der Waals surface area contributed by atoms with Gasteiger partial charge in [0, 0.05) is 4.47 Å². The highest BCUT2D eigenvalue weighted by Gasteiger charge is 2.15. The molecular weight excluding hydrogens is 438 g/mol. The van der Waals surface area contributed by atoms with Crippen LogP contribution in [0.25, 0.3) is 0 Å². The Morgan fingerprint density at radius 1 is 1.04 bits per heavy atom. The summed E-state index contributed by atoms with van der Waals surface area (Å²) >= 11 is 4.70. The van der Waals surface area contributed by atoms with Crippen LogP contribution >= 0.6 is 27.3 Å². The molecule has 2 N–H and O–H groups in total. The second-order valence-electron chi connectivity index (χ2n) is 6.16. The van der Waals surface area contributed by atoms with Gasteiger partial charge < -0.3 is 5.32 Å². The molecule has 3 rings (SSSR count). The highest BCUT2D eigenvalue weighted by Crippen LogP contribution is 2.22. The van der Waals surface area contributed by atoms with Gasteiger partial charge in [0.2, 0.25) is 0 Å². The number of hydrazone groups is 1. The Labute approximate surface area is 175 Å². The summed E-state index contributed by atoms with van der Waals surface area (Å²) in [5.74, 6) is -0.673. The average molecular weight is 456 g/mol. The zero-order valence-corrected chi connectivity index (χ0v) is 17.7. The molecule has 2 aromatic carbocycles. The largest absolute Gasteiger partial charge is 0.321 e. The fraction of sp³-hybridized carbons (Fsp3) is 0.0952. The maximum Gasteiger partial charge on any atom is 0.273 e. The van der Waals surface area contributed by atoms with E-state index >= 15 is 0 Å². The summed E-state index contributed by atoms with van der Waals surface area (Å²) in [7, 11) is 0. The first-order chi connectivity index (χ1) is 13.4. The number of aryl methyl sites for hydroxylation is 2. The van der Waals surface area contributed by atoms with Gasteiger partial charge in [-0.15, -0.1) is 11.3 Å². The molecule has 0 spiro atoms.